The van der Waals surface area contributed by atoms with Gasteiger partial charge < -0.3 is 14.2 Å². The Morgan fingerprint density at radius 2 is 0.325 bits per heavy atom. The molecule has 0 aliphatic carbocycles. The van der Waals surface area contributed by atoms with E-state index in [9.17, 15) is 14.4 Å². The molecule has 0 aromatic carbocycles. The summed E-state index contributed by atoms with van der Waals surface area (Å²) in [7, 11) is 0. The number of hydrogen-bond donors (Lipinski definition) is 0. The largest absolute Gasteiger partial charge is 0.462 e. The summed E-state index contributed by atoms with van der Waals surface area (Å²) in [6.45, 7) is 6.73. The fraction of sp³-hybridized carbons (Fsp3) is 0.961. The minimum atomic E-state index is -0.763. The molecular weight excluding hydrogens is 1020 g/mol. The monoisotopic (exact) mass is 1170 g/mol. The molecule has 0 saturated carbocycles. The summed E-state index contributed by atoms with van der Waals surface area (Å²) in [5, 5.41) is 0. The number of carbonyl (C=O) groups is 3. The average molecular weight is 1170 g/mol. The van der Waals surface area contributed by atoms with Gasteiger partial charge in [0.05, 0.1) is 0 Å². The lowest BCUT2D eigenvalue weighted by Gasteiger charge is -2.18. The van der Waals surface area contributed by atoms with Crippen molar-refractivity contribution in [2.75, 3.05) is 13.2 Å². The molecule has 83 heavy (non-hydrogen) atoms. The van der Waals surface area contributed by atoms with E-state index in [1.807, 2.05) is 0 Å². The third-order valence-corrected chi connectivity index (χ3v) is 18.1. The lowest BCUT2D eigenvalue weighted by Crippen LogP contribution is -2.30. The molecule has 1 unspecified atom stereocenters. The highest BCUT2D eigenvalue weighted by atomic mass is 16.6. The van der Waals surface area contributed by atoms with Gasteiger partial charge in [0.1, 0.15) is 13.2 Å². The highest BCUT2D eigenvalue weighted by Gasteiger charge is 2.20. The first kappa shape index (κ1) is 81.4. The summed E-state index contributed by atoms with van der Waals surface area (Å²) in [5.41, 5.74) is 0. The van der Waals surface area contributed by atoms with Crippen LogP contribution in [-0.4, -0.2) is 37.2 Å². The van der Waals surface area contributed by atoms with Crippen molar-refractivity contribution in [3.8, 4) is 0 Å². The van der Waals surface area contributed by atoms with Gasteiger partial charge in [0.2, 0.25) is 0 Å². The highest BCUT2D eigenvalue weighted by molar-refractivity contribution is 5.71. The maximum absolute atomic E-state index is 12.9. The number of unbranched alkanes of at least 4 members (excludes halogenated alkanes) is 62. The average Bonchev–Trinajstić information content (AvgIpc) is 3.49. The van der Waals surface area contributed by atoms with Crippen molar-refractivity contribution in [1.82, 2.24) is 0 Å². The summed E-state index contributed by atoms with van der Waals surface area (Å²) >= 11 is 0. The normalized spacial score (nSPS) is 11.9. The fourth-order valence-electron chi connectivity index (χ4n) is 12.3. The molecule has 0 bridgehead atoms. The molecule has 6 heteroatoms. The molecule has 0 fully saturated rings. The van der Waals surface area contributed by atoms with E-state index in [0.717, 1.165) is 57.8 Å². The van der Waals surface area contributed by atoms with E-state index in [-0.39, 0.29) is 31.1 Å². The van der Waals surface area contributed by atoms with Gasteiger partial charge in [-0.05, 0) is 19.3 Å². The predicted molar refractivity (Wildman–Crippen MR) is 363 cm³/mol. The summed E-state index contributed by atoms with van der Waals surface area (Å²) in [6.07, 6.45) is 87.6. The number of rotatable bonds is 73. The van der Waals surface area contributed by atoms with Crippen LogP contribution in [-0.2, 0) is 28.6 Å². The first-order chi connectivity index (χ1) is 41.0. The van der Waals surface area contributed by atoms with Crippen molar-refractivity contribution in [3.05, 3.63) is 0 Å². The molecule has 0 N–H and O–H groups in total. The Morgan fingerprint density at radius 1 is 0.193 bits per heavy atom. The molecule has 1 atom stereocenters. The van der Waals surface area contributed by atoms with Gasteiger partial charge in [-0.15, -0.1) is 0 Å². The number of ether oxygens (including phenoxy) is 3. The second kappa shape index (κ2) is 72.9. The zero-order valence-electron chi connectivity index (χ0n) is 57.0. The SMILES string of the molecule is CCCCCCCCCCCCCCCCCCCCCCCCCCCCCCC(=O)OCC(COC(=O)CCCCCCCCCCC)OC(=O)CCCCCCCCCCCCCCCCCCCCCCCCCCCCCC. The molecule has 0 heterocycles. The molecule has 0 radical (unpaired) electrons. The molecule has 0 aromatic rings. The van der Waals surface area contributed by atoms with Crippen molar-refractivity contribution in [1.29, 1.82) is 0 Å². The van der Waals surface area contributed by atoms with Gasteiger partial charge >= 0.3 is 17.9 Å². The Bertz CT molecular complexity index is 1250. The van der Waals surface area contributed by atoms with Crippen molar-refractivity contribution in [2.45, 2.75) is 463 Å². The van der Waals surface area contributed by atoms with Crippen LogP contribution in [0.5, 0.6) is 0 Å². The van der Waals surface area contributed by atoms with E-state index >= 15 is 0 Å². The lowest BCUT2D eigenvalue weighted by molar-refractivity contribution is -0.167. The molecular formula is C77H150O6. The van der Waals surface area contributed by atoms with Crippen LogP contribution in [0.25, 0.3) is 0 Å². The van der Waals surface area contributed by atoms with Crippen LogP contribution in [0.2, 0.25) is 0 Å². The number of hydrogen-bond acceptors (Lipinski definition) is 6. The molecule has 0 saturated heterocycles. The highest BCUT2D eigenvalue weighted by Crippen LogP contribution is 2.20. The van der Waals surface area contributed by atoms with Gasteiger partial charge in [0.25, 0.3) is 0 Å². The van der Waals surface area contributed by atoms with Gasteiger partial charge in [-0.25, -0.2) is 0 Å². The summed E-state index contributed by atoms with van der Waals surface area (Å²) in [5.74, 6) is -0.823. The standard InChI is InChI=1S/C77H150O6/c1-4-7-10-13-16-19-21-23-25-27-29-31-33-35-37-39-41-43-45-47-49-51-53-55-58-61-64-67-70-76(79)82-73-74(72-81-75(78)69-66-63-60-57-18-15-12-9-6-3)83-77(80)71-68-65-62-59-56-54-52-50-48-46-44-42-40-38-36-34-32-30-28-26-24-22-20-17-14-11-8-5-2/h74H,4-73H2,1-3H3. The quantitative estimate of drug-likeness (QED) is 0.0343. The summed E-state index contributed by atoms with van der Waals surface area (Å²) in [6, 6.07) is 0. The Hall–Kier alpha value is -1.59. The van der Waals surface area contributed by atoms with Crippen LogP contribution < -0.4 is 0 Å². The van der Waals surface area contributed by atoms with Crippen LogP contribution in [0, 0.1) is 0 Å². The third-order valence-electron chi connectivity index (χ3n) is 18.1. The minimum Gasteiger partial charge on any atom is -0.462 e. The predicted octanol–water partition coefficient (Wildman–Crippen LogP) is 26.6. The van der Waals surface area contributed by atoms with E-state index in [0.29, 0.717) is 19.3 Å². The van der Waals surface area contributed by atoms with Crippen LogP contribution >= 0.6 is 0 Å². The van der Waals surface area contributed by atoms with Crippen LogP contribution in [0.4, 0.5) is 0 Å². The van der Waals surface area contributed by atoms with Crippen molar-refractivity contribution in [2.24, 2.45) is 0 Å². The maximum atomic E-state index is 12.9. The van der Waals surface area contributed by atoms with Crippen molar-refractivity contribution < 1.29 is 28.6 Å². The Morgan fingerprint density at radius 3 is 0.482 bits per heavy atom. The summed E-state index contributed by atoms with van der Waals surface area (Å²) < 4.78 is 17.0. The molecule has 0 aliphatic heterocycles. The zero-order chi connectivity index (χ0) is 59.9. The van der Waals surface area contributed by atoms with E-state index in [2.05, 4.69) is 20.8 Å². The minimum absolute atomic E-state index is 0.0605. The van der Waals surface area contributed by atoms with E-state index < -0.39 is 6.10 Å². The van der Waals surface area contributed by atoms with Crippen LogP contribution in [0.15, 0.2) is 0 Å². The maximum Gasteiger partial charge on any atom is 0.306 e. The molecule has 6 nitrogen and oxygen atoms in total. The fourth-order valence-corrected chi connectivity index (χ4v) is 12.3. The first-order valence-corrected chi connectivity index (χ1v) is 38.5. The van der Waals surface area contributed by atoms with Crippen LogP contribution in [0.1, 0.15) is 457 Å². The Balaban J connectivity index is 4.02. The third kappa shape index (κ3) is 71.1. The molecule has 0 spiro atoms. The van der Waals surface area contributed by atoms with Gasteiger partial charge in [-0.3, -0.25) is 14.4 Å². The second-order valence-electron chi connectivity index (χ2n) is 26.6. The smallest absolute Gasteiger partial charge is 0.306 e. The number of carbonyl (C=O) groups excluding carboxylic acids is 3. The van der Waals surface area contributed by atoms with Crippen molar-refractivity contribution in [3.63, 3.8) is 0 Å². The molecule has 0 aliphatic rings. The molecule has 494 valence electrons. The van der Waals surface area contributed by atoms with Gasteiger partial charge in [-0.2, -0.15) is 0 Å². The van der Waals surface area contributed by atoms with Gasteiger partial charge in [0, 0.05) is 19.3 Å². The topological polar surface area (TPSA) is 78.9 Å². The molecule has 0 aromatic heterocycles. The summed E-state index contributed by atoms with van der Waals surface area (Å²) in [4.78, 5) is 38.4. The lowest BCUT2D eigenvalue weighted by atomic mass is 10.0. The second-order valence-corrected chi connectivity index (χ2v) is 26.6. The Labute approximate surface area is 520 Å². The Kier molecular flexibility index (Phi) is 71.5. The van der Waals surface area contributed by atoms with E-state index in [1.54, 1.807) is 0 Å². The number of esters is 3. The van der Waals surface area contributed by atoms with Gasteiger partial charge in [0.15, 0.2) is 6.10 Å². The van der Waals surface area contributed by atoms with E-state index in [1.165, 1.54) is 360 Å². The van der Waals surface area contributed by atoms with Crippen LogP contribution in [0.3, 0.4) is 0 Å². The van der Waals surface area contributed by atoms with Crippen molar-refractivity contribution >= 4 is 17.9 Å². The zero-order valence-corrected chi connectivity index (χ0v) is 57.0. The first-order valence-electron chi connectivity index (χ1n) is 38.5. The van der Waals surface area contributed by atoms with E-state index in [4.69, 9.17) is 14.2 Å². The molecule has 0 amide bonds. The molecule has 0 rings (SSSR count). The van der Waals surface area contributed by atoms with Gasteiger partial charge in [-0.1, -0.05) is 419 Å².